The van der Waals surface area contributed by atoms with Gasteiger partial charge in [-0.3, -0.25) is 0 Å². The lowest BCUT2D eigenvalue weighted by molar-refractivity contribution is 0.0975. The van der Waals surface area contributed by atoms with Gasteiger partial charge in [0.25, 0.3) is 0 Å². The average Bonchev–Trinajstić information content (AvgIpc) is 2.69. The van der Waals surface area contributed by atoms with Crippen molar-refractivity contribution in [3.05, 3.63) is 42.0 Å². The predicted molar refractivity (Wildman–Crippen MR) is 111 cm³/mol. The molecule has 0 radical (unpaired) electrons. The summed E-state index contributed by atoms with van der Waals surface area (Å²) < 4.78 is 10.2. The Morgan fingerprint density at radius 3 is 2.59 bits per heavy atom. The second-order valence-electron chi connectivity index (χ2n) is 7.68. The number of ether oxygens (including phenoxy) is 2. The number of carbonyl (C=O) groups excluding carboxylic acids is 1. The fraction of sp³-hybridized carbons (Fsp3) is 0.625. The Balaban J connectivity index is 1.48. The van der Waals surface area contributed by atoms with E-state index < -0.39 is 6.16 Å². The van der Waals surface area contributed by atoms with Crippen molar-refractivity contribution < 1.29 is 14.3 Å². The van der Waals surface area contributed by atoms with Gasteiger partial charge in [-0.15, -0.1) is 0 Å². The predicted octanol–water partition coefficient (Wildman–Crippen LogP) is 7.46. The third-order valence-electron chi connectivity index (χ3n) is 5.39. The van der Waals surface area contributed by atoms with E-state index in [2.05, 4.69) is 13.0 Å². The van der Waals surface area contributed by atoms with Crippen molar-refractivity contribution in [2.24, 2.45) is 5.92 Å². The molecule has 0 aromatic heterocycles. The normalized spacial score (nSPS) is 16.6. The lowest BCUT2D eigenvalue weighted by Gasteiger charge is -2.22. The van der Waals surface area contributed by atoms with Gasteiger partial charge in [-0.25, -0.2) is 4.79 Å². The van der Waals surface area contributed by atoms with Gasteiger partial charge in [0.05, 0.1) is 6.61 Å². The van der Waals surface area contributed by atoms with Crippen LogP contribution < -0.4 is 4.74 Å². The van der Waals surface area contributed by atoms with Gasteiger partial charge in [0.15, 0.2) is 0 Å². The molecule has 0 saturated carbocycles. The van der Waals surface area contributed by atoms with Crippen LogP contribution >= 0.6 is 0 Å². The lowest BCUT2D eigenvalue weighted by Crippen LogP contribution is -2.11. The van der Waals surface area contributed by atoms with Crippen molar-refractivity contribution in [1.82, 2.24) is 0 Å². The van der Waals surface area contributed by atoms with Crippen LogP contribution in [0, 0.1) is 5.92 Å². The quantitative estimate of drug-likeness (QED) is 0.165. The molecule has 0 aliphatic heterocycles. The third-order valence-corrected chi connectivity index (χ3v) is 5.39. The SMILES string of the molecule is CCCCCCCC1CC=C(CCCCOC(=O)Oc2ccccc2)CC1. The number of benzene rings is 1. The molecular weight excluding hydrogens is 336 g/mol. The first-order valence-electron chi connectivity index (χ1n) is 10.9. The smallest absolute Gasteiger partial charge is 0.434 e. The van der Waals surface area contributed by atoms with E-state index in [4.69, 9.17) is 9.47 Å². The minimum Gasteiger partial charge on any atom is -0.434 e. The second-order valence-corrected chi connectivity index (χ2v) is 7.68. The van der Waals surface area contributed by atoms with Crippen LogP contribution in [0.2, 0.25) is 0 Å². The Hall–Kier alpha value is -1.77. The number of hydrogen-bond acceptors (Lipinski definition) is 3. The van der Waals surface area contributed by atoms with E-state index in [0.717, 1.165) is 25.2 Å². The van der Waals surface area contributed by atoms with Gasteiger partial charge in [0.2, 0.25) is 0 Å². The van der Waals surface area contributed by atoms with Crippen LogP contribution in [0.15, 0.2) is 42.0 Å². The molecule has 0 spiro atoms. The van der Waals surface area contributed by atoms with E-state index in [9.17, 15) is 4.79 Å². The largest absolute Gasteiger partial charge is 0.513 e. The van der Waals surface area contributed by atoms with Crippen LogP contribution in [-0.4, -0.2) is 12.8 Å². The molecule has 0 fully saturated rings. The van der Waals surface area contributed by atoms with Gasteiger partial charge in [0, 0.05) is 0 Å². The molecule has 1 unspecified atom stereocenters. The zero-order chi connectivity index (χ0) is 19.2. The molecule has 150 valence electrons. The van der Waals surface area contributed by atoms with Crippen molar-refractivity contribution in [1.29, 1.82) is 0 Å². The summed E-state index contributed by atoms with van der Waals surface area (Å²) in [5.74, 6) is 1.43. The highest BCUT2D eigenvalue weighted by molar-refractivity contribution is 5.63. The molecule has 1 aliphatic rings. The van der Waals surface area contributed by atoms with Crippen molar-refractivity contribution in [2.45, 2.75) is 84.0 Å². The molecule has 0 bridgehead atoms. The maximum atomic E-state index is 11.6. The van der Waals surface area contributed by atoms with Gasteiger partial charge >= 0.3 is 6.16 Å². The van der Waals surface area contributed by atoms with Gasteiger partial charge in [-0.2, -0.15) is 0 Å². The summed E-state index contributed by atoms with van der Waals surface area (Å²) in [4.78, 5) is 11.6. The first-order chi connectivity index (χ1) is 13.3. The first-order valence-corrected chi connectivity index (χ1v) is 10.9. The summed E-state index contributed by atoms with van der Waals surface area (Å²) in [6.07, 6.45) is 17.2. The molecule has 1 aromatic rings. The standard InChI is InChI=1S/C24H36O3/c1-2-3-4-5-7-12-21-16-18-22(19-17-21)13-10-11-20-26-24(25)27-23-14-8-6-9-15-23/h6,8-9,14-15,18,21H,2-5,7,10-13,16-17,19-20H2,1H3. The molecular formula is C24H36O3. The average molecular weight is 373 g/mol. The molecule has 0 N–H and O–H groups in total. The number of para-hydroxylation sites is 1. The number of allylic oxidation sites excluding steroid dienone is 2. The van der Waals surface area contributed by atoms with Crippen molar-refractivity contribution in [3.8, 4) is 5.75 Å². The molecule has 2 rings (SSSR count). The Kier molecular flexibility index (Phi) is 10.7. The molecule has 1 atom stereocenters. The molecule has 1 aliphatic carbocycles. The number of carbonyl (C=O) groups is 1. The number of unbranched alkanes of at least 4 members (excludes halogenated alkanes) is 5. The van der Waals surface area contributed by atoms with Crippen LogP contribution in [0.4, 0.5) is 4.79 Å². The fourth-order valence-electron chi connectivity index (χ4n) is 3.69. The number of rotatable bonds is 12. The van der Waals surface area contributed by atoms with E-state index >= 15 is 0 Å². The van der Waals surface area contributed by atoms with E-state index in [1.807, 2.05) is 18.2 Å². The topological polar surface area (TPSA) is 35.5 Å². The molecule has 0 saturated heterocycles. The van der Waals surface area contributed by atoms with Crippen LogP contribution in [0.5, 0.6) is 5.75 Å². The minimum atomic E-state index is -0.611. The maximum Gasteiger partial charge on any atom is 0.513 e. The van der Waals surface area contributed by atoms with Crippen molar-refractivity contribution in [3.63, 3.8) is 0 Å². The van der Waals surface area contributed by atoms with Gasteiger partial charge < -0.3 is 9.47 Å². The lowest BCUT2D eigenvalue weighted by atomic mass is 9.84. The van der Waals surface area contributed by atoms with Gasteiger partial charge in [-0.1, -0.05) is 75.3 Å². The fourth-order valence-corrected chi connectivity index (χ4v) is 3.69. The summed E-state index contributed by atoms with van der Waals surface area (Å²) in [5.41, 5.74) is 1.60. The van der Waals surface area contributed by atoms with Crippen LogP contribution in [0.3, 0.4) is 0 Å². The Labute approximate surface area is 165 Å². The van der Waals surface area contributed by atoms with Crippen molar-refractivity contribution in [2.75, 3.05) is 6.61 Å². The summed E-state index contributed by atoms with van der Waals surface area (Å²) >= 11 is 0. The van der Waals surface area contributed by atoms with E-state index in [0.29, 0.717) is 12.4 Å². The van der Waals surface area contributed by atoms with Gasteiger partial charge in [0.1, 0.15) is 5.75 Å². The summed E-state index contributed by atoms with van der Waals surface area (Å²) in [6, 6.07) is 9.04. The van der Waals surface area contributed by atoms with Gasteiger partial charge in [-0.05, 0) is 56.6 Å². The molecule has 0 heterocycles. The summed E-state index contributed by atoms with van der Waals surface area (Å²) in [5, 5.41) is 0. The Morgan fingerprint density at radius 1 is 1.04 bits per heavy atom. The van der Waals surface area contributed by atoms with Crippen LogP contribution in [-0.2, 0) is 4.74 Å². The highest BCUT2D eigenvalue weighted by Gasteiger charge is 2.14. The third kappa shape index (κ3) is 9.65. The zero-order valence-corrected chi connectivity index (χ0v) is 17.0. The van der Waals surface area contributed by atoms with E-state index in [1.165, 1.54) is 57.8 Å². The molecule has 0 amide bonds. The Bertz CT molecular complexity index is 550. The molecule has 1 aromatic carbocycles. The van der Waals surface area contributed by atoms with Crippen LogP contribution in [0.1, 0.15) is 84.0 Å². The second kappa shape index (κ2) is 13.4. The maximum absolute atomic E-state index is 11.6. The summed E-state index contributed by atoms with van der Waals surface area (Å²) in [7, 11) is 0. The highest BCUT2D eigenvalue weighted by atomic mass is 16.7. The van der Waals surface area contributed by atoms with E-state index in [-0.39, 0.29) is 0 Å². The summed E-state index contributed by atoms with van der Waals surface area (Å²) in [6.45, 7) is 2.70. The first kappa shape index (κ1) is 21.5. The molecule has 3 nitrogen and oxygen atoms in total. The molecule has 3 heteroatoms. The monoisotopic (exact) mass is 372 g/mol. The van der Waals surface area contributed by atoms with E-state index in [1.54, 1.807) is 17.7 Å². The molecule has 27 heavy (non-hydrogen) atoms. The minimum absolute atomic E-state index is 0.430. The van der Waals surface area contributed by atoms with Crippen molar-refractivity contribution >= 4 is 6.16 Å². The number of hydrogen-bond donors (Lipinski definition) is 0. The van der Waals surface area contributed by atoms with Crippen LogP contribution in [0.25, 0.3) is 0 Å². The zero-order valence-electron chi connectivity index (χ0n) is 17.0. The Morgan fingerprint density at radius 2 is 1.85 bits per heavy atom. The highest BCUT2D eigenvalue weighted by Crippen LogP contribution is 2.30.